The molecule has 9 nitrogen and oxygen atoms in total. The minimum atomic E-state index is -0.321. The molecule has 2 amide bonds. The van der Waals surface area contributed by atoms with Gasteiger partial charge in [0.15, 0.2) is 11.6 Å². The fraction of sp³-hybridized carbons (Fsp3) is 0.200. The maximum absolute atomic E-state index is 13.1. The molecule has 11 heteroatoms. The summed E-state index contributed by atoms with van der Waals surface area (Å²) in [5, 5.41) is 15.9. The molecule has 51 heavy (non-hydrogen) atoms. The Morgan fingerprint density at radius 1 is 0.627 bits per heavy atom. The first-order valence-electron chi connectivity index (χ1n) is 16.8. The van der Waals surface area contributed by atoms with Gasteiger partial charge in [0, 0.05) is 35.7 Å². The minimum Gasteiger partial charge on any atom is -0.365 e. The average molecular weight is 722 g/mol. The lowest BCUT2D eigenvalue weighted by atomic mass is 10.0. The van der Waals surface area contributed by atoms with Crippen molar-refractivity contribution < 1.29 is 14.3 Å². The number of aryl methyl sites for hydroxylation is 2. The Morgan fingerprint density at radius 2 is 1.04 bits per heavy atom. The highest BCUT2D eigenvalue weighted by Gasteiger charge is 2.24. The molecule has 0 saturated carbocycles. The molecule has 2 aromatic heterocycles. The molecule has 0 fully saturated rings. The Labute approximate surface area is 307 Å². The number of ether oxygens (including phenoxy) is 1. The maximum atomic E-state index is 13.1. The van der Waals surface area contributed by atoms with Gasteiger partial charge in [-0.3, -0.25) is 9.59 Å². The van der Waals surface area contributed by atoms with E-state index in [4.69, 9.17) is 27.9 Å². The molecule has 0 aliphatic heterocycles. The van der Waals surface area contributed by atoms with E-state index in [2.05, 4.69) is 34.7 Å². The van der Waals surface area contributed by atoms with Crippen LogP contribution in [-0.4, -0.2) is 31.4 Å². The van der Waals surface area contributed by atoms with Crippen molar-refractivity contribution in [1.29, 1.82) is 0 Å². The largest absolute Gasteiger partial charge is 0.365 e. The molecule has 0 aliphatic carbocycles. The highest BCUT2D eigenvalue weighted by molar-refractivity contribution is 6.35. The molecule has 0 spiro atoms. The zero-order valence-corrected chi connectivity index (χ0v) is 30.2. The summed E-state index contributed by atoms with van der Waals surface area (Å²) < 4.78 is 10.4. The number of hydrogen-bond donors (Lipinski definition) is 2. The van der Waals surface area contributed by atoms with Crippen molar-refractivity contribution >= 4 is 46.7 Å². The standard InChI is InChI=1S/C40H38Cl2N6O3/c1-5-33(27-15-7-9-19-31(27)47-23-21-35(45-47)43-39(49)37-25(3)13-11-17-29(37)41)51-34(6-2)28-16-8-10-20-32(28)48-24-22-36(46-48)44-40(50)38-26(4)14-12-18-30(38)42/h7-24,33-34H,5-6H2,1-4H3,(H,43,45,49)(H,44,46,50). The number of aromatic nitrogens is 4. The number of anilines is 2. The van der Waals surface area contributed by atoms with E-state index in [0.717, 1.165) is 33.6 Å². The number of nitrogens with zero attached hydrogens (tertiary/aromatic N) is 4. The third-order valence-electron chi connectivity index (χ3n) is 8.69. The van der Waals surface area contributed by atoms with E-state index in [-0.39, 0.29) is 24.0 Å². The fourth-order valence-electron chi connectivity index (χ4n) is 6.16. The molecule has 6 rings (SSSR count). The molecule has 2 N–H and O–H groups in total. The number of carbonyl (C=O) groups is 2. The summed E-state index contributed by atoms with van der Waals surface area (Å²) in [6.07, 6.45) is 4.47. The van der Waals surface area contributed by atoms with Crippen LogP contribution in [0.15, 0.2) is 109 Å². The minimum absolute atomic E-state index is 0.279. The average Bonchev–Trinajstić information content (AvgIpc) is 3.79. The number of benzene rings is 4. The molecule has 0 radical (unpaired) electrons. The Bertz CT molecular complexity index is 2000. The molecule has 2 heterocycles. The number of rotatable bonds is 12. The first-order valence-corrected chi connectivity index (χ1v) is 17.5. The molecule has 2 atom stereocenters. The molecule has 0 bridgehead atoms. The number of amides is 2. The van der Waals surface area contributed by atoms with Crippen LogP contribution in [0.5, 0.6) is 0 Å². The summed E-state index contributed by atoms with van der Waals surface area (Å²) in [4.78, 5) is 26.2. The van der Waals surface area contributed by atoms with Crippen LogP contribution in [0.1, 0.15) is 81.9 Å². The summed E-state index contributed by atoms with van der Waals surface area (Å²) in [6.45, 7) is 7.87. The summed E-state index contributed by atoms with van der Waals surface area (Å²) in [6, 6.07) is 30.1. The molecular weight excluding hydrogens is 683 g/mol. The van der Waals surface area contributed by atoms with Crippen molar-refractivity contribution in [2.24, 2.45) is 0 Å². The Kier molecular flexibility index (Phi) is 11.0. The second-order valence-electron chi connectivity index (χ2n) is 12.1. The van der Waals surface area contributed by atoms with Crippen LogP contribution < -0.4 is 10.6 Å². The summed E-state index contributed by atoms with van der Waals surface area (Å²) in [5.41, 5.74) is 5.98. The van der Waals surface area contributed by atoms with Gasteiger partial charge in [0.2, 0.25) is 0 Å². The SMILES string of the molecule is CCC(OC(CC)c1ccccc1-n1ccc(NC(=O)c2c(C)cccc2Cl)n1)c1ccccc1-n1ccc(NC(=O)c2c(C)cccc2Cl)n1. The first kappa shape index (κ1) is 35.6. The molecular formula is C40H38Cl2N6O3. The zero-order chi connectivity index (χ0) is 36.1. The van der Waals surface area contributed by atoms with E-state index in [1.807, 2.05) is 99.0 Å². The van der Waals surface area contributed by atoms with Crippen LogP contribution >= 0.6 is 23.2 Å². The number of carbonyl (C=O) groups excluding carboxylic acids is 2. The van der Waals surface area contributed by atoms with E-state index in [1.165, 1.54) is 0 Å². The van der Waals surface area contributed by atoms with Gasteiger partial charge < -0.3 is 15.4 Å². The van der Waals surface area contributed by atoms with Gasteiger partial charge in [-0.1, -0.05) is 97.7 Å². The van der Waals surface area contributed by atoms with Crippen LogP contribution in [0.2, 0.25) is 10.0 Å². The smallest absolute Gasteiger partial charge is 0.258 e. The van der Waals surface area contributed by atoms with Crippen LogP contribution in [-0.2, 0) is 4.74 Å². The predicted molar refractivity (Wildman–Crippen MR) is 203 cm³/mol. The van der Waals surface area contributed by atoms with E-state index in [1.54, 1.807) is 33.6 Å². The third-order valence-corrected chi connectivity index (χ3v) is 9.32. The summed E-state index contributed by atoms with van der Waals surface area (Å²) in [5.74, 6) is 0.164. The van der Waals surface area contributed by atoms with Crippen molar-refractivity contribution in [2.45, 2.75) is 52.7 Å². The van der Waals surface area contributed by atoms with Gasteiger partial charge in [-0.2, -0.15) is 10.2 Å². The first-order chi connectivity index (χ1) is 24.7. The second-order valence-corrected chi connectivity index (χ2v) is 12.9. The number of halogens is 2. The van der Waals surface area contributed by atoms with E-state index < -0.39 is 0 Å². The molecule has 260 valence electrons. The fourth-order valence-corrected chi connectivity index (χ4v) is 6.78. The van der Waals surface area contributed by atoms with Gasteiger partial charge in [-0.25, -0.2) is 9.36 Å². The Morgan fingerprint density at radius 3 is 1.43 bits per heavy atom. The lowest BCUT2D eigenvalue weighted by Gasteiger charge is -2.27. The van der Waals surface area contributed by atoms with Gasteiger partial charge in [-0.05, 0) is 62.1 Å². The quantitative estimate of drug-likeness (QED) is 0.131. The molecule has 0 saturated heterocycles. The van der Waals surface area contributed by atoms with Crippen LogP contribution in [0.4, 0.5) is 11.6 Å². The van der Waals surface area contributed by atoms with Crippen LogP contribution in [0, 0.1) is 13.8 Å². The van der Waals surface area contributed by atoms with Gasteiger partial charge in [0.1, 0.15) is 0 Å². The lowest BCUT2D eigenvalue weighted by Crippen LogP contribution is -2.16. The van der Waals surface area contributed by atoms with Gasteiger partial charge in [0.25, 0.3) is 11.8 Å². The Balaban J connectivity index is 1.22. The summed E-state index contributed by atoms with van der Waals surface area (Å²) >= 11 is 12.7. The maximum Gasteiger partial charge on any atom is 0.258 e. The predicted octanol–water partition coefficient (Wildman–Crippen LogP) is 10.1. The lowest BCUT2D eigenvalue weighted by molar-refractivity contribution is -0.0192. The second kappa shape index (κ2) is 15.8. The molecule has 2 unspecified atom stereocenters. The summed E-state index contributed by atoms with van der Waals surface area (Å²) in [7, 11) is 0. The van der Waals surface area contributed by atoms with E-state index >= 15 is 0 Å². The van der Waals surface area contributed by atoms with Crippen molar-refractivity contribution in [3.8, 4) is 11.4 Å². The molecule has 6 aromatic rings. The van der Waals surface area contributed by atoms with Crippen LogP contribution in [0.25, 0.3) is 11.4 Å². The number of nitrogens with one attached hydrogen (secondary N) is 2. The molecule has 4 aromatic carbocycles. The van der Waals surface area contributed by atoms with Crippen LogP contribution in [0.3, 0.4) is 0 Å². The monoisotopic (exact) mass is 720 g/mol. The van der Waals surface area contributed by atoms with E-state index in [0.29, 0.717) is 45.6 Å². The van der Waals surface area contributed by atoms with Crippen molar-refractivity contribution in [1.82, 2.24) is 19.6 Å². The number of hydrogen-bond acceptors (Lipinski definition) is 5. The number of para-hydroxylation sites is 2. The van der Waals surface area contributed by atoms with Crippen molar-refractivity contribution in [3.63, 3.8) is 0 Å². The molecule has 0 aliphatic rings. The Hall–Kier alpha value is -5.22. The highest BCUT2D eigenvalue weighted by Crippen LogP contribution is 2.36. The van der Waals surface area contributed by atoms with Gasteiger partial charge in [0.05, 0.1) is 44.8 Å². The van der Waals surface area contributed by atoms with Gasteiger partial charge in [-0.15, -0.1) is 0 Å². The highest BCUT2D eigenvalue weighted by atomic mass is 35.5. The normalized spacial score (nSPS) is 12.4. The van der Waals surface area contributed by atoms with E-state index in [9.17, 15) is 9.59 Å². The topological polar surface area (TPSA) is 103 Å². The van der Waals surface area contributed by atoms with Crippen molar-refractivity contribution in [2.75, 3.05) is 10.6 Å². The zero-order valence-electron chi connectivity index (χ0n) is 28.7. The van der Waals surface area contributed by atoms with Gasteiger partial charge >= 0.3 is 0 Å². The van der Waals surface area contributed by atoms with Crippen molar-refractivity contribution in [3.05, 3.63) is 153 Å². The third kappa shape index (κ3) is 7.76.